The maximum atomic E-state index is 12.5. The number of aromatic nitrogens is 1. The summed E-state index contributed by atoms with van der Waals surface area (Å²) in [5.41, 5.74) is 0.573. The Hall–Kier alpha value is -1.09. The molecule has 2 heterocycles. The second-order valence-corrected chi connectivity index (χ2v) is 7.57. The van der Waals surface area contributed by atoms with E-state index >= 15 is 0 Å². The van der Waals surface area contributed by atoms with Crippen LogP contribution in [0.1, 0.15) is 12.8 Å². The number of halogens is 1. The van der Waals surface area contributed by atoms with E-state index in [1.807, 2.05) is 0 Å². The molecule has 2 aromatic rings. The first-order valence-electron chi connectivity index (χ1n) is 6.31. The molecule has 1 aromatic carbocycles. The van der Waals surface area contributed by atoms with Gasteiger partial charge in [0.25, 0.3) is 5.69 Å². The minimum absolute atomic E-state index is 0. The number of hydrogen-bond acceptors (Lipinski definition) is 6. The highest BCUT2D eigenvalue weighted by atomic mass is 35.5. The molecule has 6 nitrogen and oxygen atoms in total. The van der Waals surface area contributed by atoms with Gasteiger partial charge in [-0.1, -0.05) is 0 Å². The molecule has 0 aliphatic carbocycles. The molecule has 0 bridgehead atoms. The number of nitrogens with zero attached hydrogens (tertiary/aromatic N) is 2. The smallest absolute Gasteiger partial charge is 0.271 e. The van der Waals surface area contributed by atoms with Crippen molar-refractivity contribution < 1.29 is 9.13 Å². The highest BCUT2D eigenvalue weighted by Gasteiger charge is 2.24. The van der Waals surface area contributed by atoms with Gasteiger partial charge in [0, 0.05) is 17.4 Å². The summed E-state index contributed by atoms with van der Waals surface area (Å²) in [7, 11) is -1.12. The SMILES string of the molecule is Cl.O=[N+]([O-])c1ccc2sc(S(=O)C3CCNCC3)nc2c1. The first-order chi connectivity index (χ1) is 9.65. The zero-order chi connectivity index (χ0) is 14.1. The predicted octanol–water partition coefficient (Wildman–Crippen LogP) is 2.49. The van der Waals surface area contributed by atoms with E-state index in [-0.39, 0.29) is 23.3 Å². The Balaban J connectivity index is 0.00000161. The number of thiazole rings is 1. The Bertz CT molecular complexity index is 685. The van der Waals surface area contributed by atoms with Crippen molar-refractivity contribution in [2.75, 3.05) is 13.1 Å². The maximum absolute atomic E-state index is 12.5. The minimum atomic E-state index is -1.12. The Kier molecular flexibility index (Phi) is 5.26. The van der Waals surface area contributed by atoms with E-state index in [1.54, 1.807) is 6.07 Å². The Morgan fingerprint density at radius 1 is 1.38 bits per heavy atom. The molecule has 9 heteroatoms. The summed E-state index contributed by atoms with van der Waals surface area (Å²) < 4.78 is 13.9. The van der Waals surface area contributed by atoms with Crippen LogP contribution in [-0.4, -0.2) is 32.5 Å². The zero-order valence-electron chi connectivity index (χ0n) is 11.0. The fourth-order valence-corrected chi connectivity index (χ4v) is 5.07. The highest BCUT2D eigenvalue weighted by Crippen LogP contribution is 2.29. The summed E-state index contributed by atoms with van der Waals surface area (Å²) in [6.45, 7) is 1.76. The van der Waals surface area contributed by atoms with E-state index < -0.39 is 15.7 Å². The van der Waals surface area contributed by atoms with Crippen molar-refractivity contribution in [3.63, 3.8) is 0 Å². The molecule has 1 saturated heterocycles. The summed E-state index contributed by atoms with van der Waals surface area (Å²) >= 11 is 1.37. The first-order valence-corrected chi connectivity index (χ1v) is 8.34. The number of benzene rings is 1. The van der Waals surface area contributed by atoms with Crippen molar-refractivity contribution in [1.82, 2.24) is 10.3 Å². The van der Waals surface area contributed by atoms with E-state index in [1.165, 1.54) is 23.5 Å². The highest BCUT2D eigenvalue weighted by molar-refractivity contribution is 7.88. The molecular weight excluding hydrogens is 334 g/mol. The van der Waals surface area contributed by atoms with Gasteiger partial charge >= 0.3 is 0 Å². The molecule has 3 rings (SSSR count). The molecule has 0 amide bonds. The molecule has 21 heavy (non-hydrogen) atoms. The molecule has 0 saturated carbocycles. The lowest BCUT2D eigenvalue weighted by Gasteiger charge is -2.20. The lowest BCUT2D eigenvalue weighted by Crippen LogP contribution is -2.33. The van der Waals surface area contributed by atoms with Gasteiger partial charge in [0.15, 0.2) is 4.34 Å². The monoisotopic (exact) mass is 347 g/mol. The van der Waals surface area contributed by atoms with Crippen molar-refractivity contribution in [2.45, 2.75) is 22.4 Å². The van der Waals surface area contributed by atoms with E-state index in [0.717, 1.165) is 30.6 Å². The van der Waals surface area contributed by atoms with Crippen LogP contribution >= 0.6 is 23.7 Å². The van der Waals surface area contributed by atoms with Crippen LogP contribution in [0.25, 0.3) is 10.2 Å². The number of nitro benzene ring substituents is 1. The second kappa shape index (κ2) is 6.78. The molecular formula is C12H14ClN3O3S2. The van der Waals surface area contributed by atoms with Gasteiger partial charge < -0.3 is 5.32 Å². The van der Waals surface area contributed by atoms with Crippen LogP contribution in [0.2, 0.25) is 0 Å². The van der Waals surface area contributed by atoms with Crippen molar-refractivity contribution >= 4 is 50.4 Å². The summed E-state index contributed by atoms with van der Waals surface area (Å²) in [4.78, 5) is 14.6. The molecule has 1 N–H and O–H groups in total. The molecule has 114 valence electrons. The second-order valence-electron chi connectivity index (χ2n) is 4.64. The molecule has 1 aromatic heterocycles. The van der Waals surface area contributed by atoms with E-state index in [0.29, 0.717) is 9.86 Å². The van der Waals surface area contributed by atoms with Gasteiger partial charge in [0.2, 0.25) is 0 Å². The number of piperidine rings is 1. The van der Waals surface area contributed by atoms with Gasteiger partial charge in [-0.05, 0) is 32.0 Å². The topological polar surface area (TPSA) is 85.1 Å². The Labute approximate surface area is 134 Å². The van der Waals surface area contributed by atoms with E-state index in [9.17, 15) is 14.3 Å². The number of fused-ring (bicyclic) bond motifs is 1. The largest absolute Gasteiger partial charge is 0.317 e. The van der Waals surface area contributed by atoms with Gasteiger partial charge in [0.1, 0.15) is 0 Å². The molecule has 0 spiro atoms. The molecule has 0 radical (unpaired) electrons. The number of hydrogen-bond donors (Lipinski definition) is 1. The molecule has 1 unspecified atom stereocenters. The number of rotatable bonds is 3. The predicted molar refractivity (Wildman–Crippen MR) is 85.8 cm³/mol. The summed E-state index contributed by atoms with van der Waals surface area (Å²) in [5.74, 6) is 0. The standard InChI is InChI=1S/C12H13N3O3S2.ClH/c16-15(17)8-1-2-11-10(7-8)14-12(19-11)20(18)9-3-5-13-6-4-9;/h1-2,7,9,13H,3-6H2;1H. The number of non-ortho nitro benzene ring substituents is 1. The average molecular weight is 348 g/mol. The van der Waals surface area contributed by atoms with Crippen LogP contribution in [0.3, 0.4) is 0 Å². The molecule has 1 aliphatic rings. The molecule has 1 atom stereocenters. The third kappa shape index (κ3) is 3.39. The normalized spacial score (nSPS) is 17.3. The zero-order valence-corrected chi connectivity index (χ0v) is 13.4. The fraction of sp³-hybridized carbons (Fsp3) is 0.417. The van der Waals surface area contributed by atoms with Crippen LogP contribution in [0.4, 0.5) is 5.69 Å². The number of nitrogens with one attached hydrogen (secondary N) is 1. The summed E-state index contributed by atoms with van der Waals surface area (Å²) in [6.07, 6.45) is 1.76. The van der Waals surface area contributed by atoms with Gasteiger partial charge in [0.05, 0.1) is 25.9 Å². The molecule has 1 fully saturated rings. The van der Waals surface area contributed by atoms with E-state index in [4.69, 9.17) is 0 Å². The van der Waals surface area contributed by atoms with E-state index in [2.05, 4.69) is 10.3 Å². The van der Waals surface area contributed by atoms with Crippen LogP contribution in [0, 0.1) is 10.1 Å². The van der Waals surface area contributed by atoms with Gasteiger partial charge in [-0.25, -0.2) is 4.98 Å². The van der Waals surface area contributed by atoms with Crippen LogP contribution < -0.4 is 5.32 Å². The van der Waals surface area contributed by atoms with Crippen LogP contribution in [0.15, 0.2) is 22.5 Å². The quantitative estimate of drug-likeness (QED) is 0.681. The van der Waals surface area contributed by atoms with Crippen LogP contribution in [0.5, 0.6) is 0 Å². The minimum Gasteiger partial charge on any atom is -0.317 e. The van der Waals surface area contributed by atoms with Crippen molar-refractivity contribution in [3.8, 4) is 0 Å². The molecule has 1 aliphatic heterocycles. The fourth-order valence-electron chi connectivity index (χ4n) is 2.25. The van der Waals surface area contributed by atoms with Crippen LogP contribution in [-0.2, 0) is 10.8 Å². The van der Waals surface area contributed by atoms with Gasteiger partial charge in [-0.15, -0.1) is 23.7 Å². The lowest BCUT2D eigenvalue weighted by atomic mass is 10.2. The number of nitro groups is 1. The first kappa shape index (κ1) is 16.3. The van der Waals surface area contributed by atoms with Gasteiger partial charge in [-0.3, -0.25) is 14.3 Å². The maximum Gasteiger partial charge on any atom is 0.271 e. The third-order valence-corrected chi connectivity index (χ3v) is 6.41. The third-order valence-electron chi connectivity index (χ3n) is 3.32. The van der Waals surface area contributed by atoms with Crippen molar-refractivity contribution in [3.05, 3.63) is 28.3 Å². The Morgan fingerprint density at radius 3 is 2.76 bits per heavy atom. The summed E-state index contributed by atoms with van der Waals surface area (Å²) in [5, 5.41) is 14.1. The van der Waals surface area contributed by atoms with Gasteiger partial charge in [-0.2, -0.15) is 0 Å². The van der Waals surface area contributed by atoms with Crippen molar-refractivity contribution in [1.29, 1.82) is 0 Å². The average Bonchev–Trinajstić information content (AvgIpc) is 2.90. The lowest BCUT2D eigenvalue weighted by molar-refractivity contribution is -0.384. The summed E-state index contributed by atoms with van der Waals surface area (Å²) in [6, 6.07) is 4.57. The Morgan fingerprint density at radius 2 is 2.10 bits per heavy atom. The van der Waals surface area contributed by atoms with Crippen molar-refractivity contribution in [2.24, 2.45) is 0 Å².